The third-order valence-corrected chi connectivity index (χ3v) is 10.5. The van der Waals surface area contributed by atoms with Gasteiger partial charge in [0.2, 0.25) is 0 Å². The van der Waals surface area contributed by atoms with Gasteiger partial charge in [-0.05, 0) is 61.2 Å². The van der Waals surface area contributed by atoms with E-state index >= 15 is 0 Å². The van der Waals surface area contributed by atoms with Gasteiger partial charge in [-0.25, -0.2) is 0 Å². The van der Waals surface area contributed by atoms with Crippen molar-refractivity contribution >= 4 is 17.5 Å². The Morgan fingerprint density at radius 2 is 1.86 bits per heavy atom. The minimum absolute atomic E-state index is 0.0162. The van der Waals surface area contributed by atoms with Crippen LogP contribution in [0.15, 0.2) is 11.6 Å². The molecule has 0 aromatic rings. The van der Waals surface area contributed by atoms with E-state index in [1.54, 1.807) is 0 Å². The van der Waals surface area contributed by atoms with E-state index < -0.39 is 0 Å². The zero-order valence-corrected chi connectivity index (χ0v) is 17.0. The molecule has 5 fully saturated rings. The molecule has 0 amide bonds. The molecular formula is C24H30O4. The van der Waals surface area contributed by atoms with Gasteiger partial charge < -0.3 is 4.74 Å². The van der Waals surface area contributed by atoms with Crippen molar-refractivity contribution in [2.75, 3.05) is 0 Å². The van der Waals surface area contributed by atoms with E-state index in [4.69, 9.17) is 4.74 Å². The van der Waals surface area contributed by atoms with Crippen LogP contribution in [0.1, 0.15) is 78.1 Å². The molecule has 2 spiro atoms. The molecule has 1 aliphatic heterocycles. The van der Waals surface area contributed by atoms with Crippen LogP contribution in [0.3, 0.4) is 0 Å². The van der Waals surface area contributed by atoms with Crippen molar-refractivity contribution in [1.82, 2.24) is 0 Å². The third kappa shape index (κ3) is 1.74. The molecule has 150 valence electrons. The van der Waals surface area contributed by atoms with E-state index in [0.717, 1.165) is 38.5 Å². The number of Topliss-reactive ketones (excluding diaryl/α,β-unsaturated/α-hetero) is 2. The summed E-state index contributed by atoms with van der Waals surface area (Å²) in [6.07, 6.45) is 10.4. The Morgan fingerprint density at radius 3 is 2.61 bits per heavy atom. The molecule has 4 nitrogen and oxygen atoms in total. The quantitative estimate of drug-likeness (QED) is 0.466. The Kier molecular flexibility index (Phi) is 3.10. The number of hydrogen-bond donors (Lipinski definition) is 0. The monoisotopic (exact) mass is 382 g/mol. The van der Waals surface area contributed by atoms with Gasteiger partial charge in [-0.1, -0.05) is 25.5 Å². The van der Waals surface area contributed by atoms with Crippen LogP contribution in [0.5, 0.6) is 0 Å². The highest BCUT2D eigenvalue weighted by molar-refractivity contribution is 5.89. The van der Waals surface area contributed by atoms with Gasteiger partial charge in [0.15, 0.2) is 0 Å². The van der Waals surface area contributed by atoms with Gasteiger partial charge >= 0.3 is 5.97 Å². The maximum absolute atomic E-state index is 13.2. The van der Waals surface area contributed by atoms with Gasteiger partial charge in [0, 0.05) is 37.0 Å². The molecule has 4 saturated carbocycles. The van der Waals surface area contributed by atoms with Crippen molar-refractivity contribution in [2.45, 2.75) is 83.7 Å². The first-order chi connectivity index (χ1) is 13.2. The smallest absolute Gasteiger partial charge is 0.306 e. The fraction of sp³-hybridized carbons (Fsp3) is 0.792. The van der Waals surface area contributed by atoms with E-state index in [0.29, 0.717) is 49.1 Å². The standard InChI is InChI=1S/C24H30O4/c1-21-7-3-14(25)11-23(21)12-15(18(26)13-23)20-16(21)4-8-22(2)17(20)5-9-24(22)10-6-19(27)28-24/h4,15,17,20H,3,5-13H2,1-2H3/t15-,17?,20?,21?,22?,23+,24+/m0/s1. The molecule has 2 bridgehead atoms. The summed E-state index contributed by atoms with van der Waals surface area (Å²) in [6, 6.07) is 0. The average molecular weight is 383 g/mol. The first-order valence-electron chi connectivity index (χ1n) is 11.2. The third-order valence-electron chi connectivity index (χ3n) is 10.5. The molecule has 6 aliphatic rings. The highest BCUT2D eigenvalue weighted by Crippen LogP contribution is 2.74. The molecule has 0 radical (unpaired) electrons. The number of fused-ring (bicyclic) bond motifs is 7. The summed E-state index contributed by atoms with van der Waals surface area (Å²) < 4.78 is 6.01. The van der Waals surface area contributed by atoms with E-state index in [1.165, 1.54) is 5.57 Å². The lowest BCUT2D eigenvalue weighted by Crippen LogP contribution is -2.56. The number of carbonyl (C=O) groups excluding carboxylic acids is 3. The molecule has 7 atom stereocenters. The zero-order valence-electron chi connectivity index (χ0n) is 17.0. The van der Waals surface area contributed by atoms with Crippen molar-refractivity contribution in [3.8, 4) is 0 Å². The number of hydrogen-bond acceptors (Lipinski definition) is 4. The Morgan fingerprint density at radius 1 is 1.04 bits per heavy atom. The van der Waals surface area contributed by atoms with Gasteiger partial charge in [-0.3, -0.25) is 14.4 Å². The number of allylic oxidation sites excluding steroid dienone is 2. The van der Waals surface area contributed by atoms with Crippen molar-refractivity contribution in [2.24, 2.45) is 34.0 Å². The van der Waals surface area contributed by atoms with Crippen LogP contribution < -0.4 is 0 Å². The largest absolute Gasteiger partial charge is 0.458 e. The molecule has 1 saturated heterocycles. The fourth-order valence-electron chi connectivity index (χ4n) is 8.93. The summed E-state index contributed by atoms with van der Waals surface area (Å²) in [5.41, 5.74) is 0.965. The van der Waals surface area contributed by atoms with Gasteiger partial charge in [0.1, 0.15) is 17.2 Å². The van der Waals surface area contributed by atoms with E-state index in [2.05, 4.69) is 19.9 Å². The summed E-state index contributed by atoms with van der Waals surface area (Å²) in [7, 11) is 0. The molecule has 28 heavy (non-hydrogen) atoms. The lowest BCUT2D eigenvalue weighted by Gasteiger charge is -2.60. The van der Waals surface area contributed by atoms with Crippen LogP contribution >= 0.6 is 0 Å². The Labute approximate surface area is 166 Å². The van der Waals surface area contributed by atoms with E-state index in [1.807, 2.05) is 0 Å². The van der Waals surface area contributed by atoms with Crippen molar-refractivity contribution in [3.63, 3.8) is 0 Å². The van der Waals surface area contributed by atoms with Crippen molar-refractivity contribution in [1.29, 1.82) is 0 Å². The molecule has 0 aromatic carbocycles. The summed E-state index contributed by atoms with van der Waals surface area (Å²) in [5, 5.41) is 0. The minimum Gasteiger partial charge on any atom is -0.458 e. The van der Waals surface area contributed by atoms with Crippen LogP contribution in [-0.4, -0.2) is 23.1 Å². The van der Waals surface area contributed by atoms with Crippen LogP contribution in [-0.2, 0) is 19.1 Å². The highest BCUT2D eigenvalue weighted by atomic mass is 16.6. The van der Waals surface area contributed by atoms with Gasteiger partial charge in [-0.2, -0.15) is 0 Å². The van der Waals surface area contributed by atoms with Crippen LogP contribution in [0.25, 0.3) is 0 Å². The van der Waals surface area contributed by atoms with Gasteiger partial charge in [0.05, 0.1) is 0 Å². The van der Waals surface area contributed by atoms with Gasteiger partial charge in [-0.15, -0.1) is 0 Å². The number of esters is 1. The first-order valence-corrected chi connectivity index (χ1v) is 11.2. The minimum atomic E-state index is -0.323. The van der Waals surface area contributed by atoms with Gasteiger partial charge in [0.25, 0.3) is 0 Å². The second kappa shape index (κ2) is 4.99. The number of rotatable bonds is 0. The fourth-order valence-corrected chi connectivity index (χ4v) is 8.93. The van der Waals surface area contributed by atoms with Crippen LogP contribution in [0.4, 0.5) is 0 Å². The Hall–Kier alpha value is -1.45. The topological polar surface area (TPSA) is 60.4 Å². The second-order valence-electron chi connectivity index (χ2n) is 11.2. The summed E-state index contributed by atoms with van der Waals surface area (Å²) >= 11 is 0. The maximum Gasteiger partial charge on any atom is 0.306 e. The summed E-state index contributed by atoms with van der Waals surface area (Å²) in [5.74, 6) is 1.47. The SMILES string of the molecule is CC12CCC(=O)C[C@@]13CC(=O)[C@H](C3)C1C2=CCC2(C)C1CC[C@@]21CCC(=O)O1. The molecule has 4 heteroatoms. The molecule has 5 aliphatic carbocycles. The Balaban J connectivity index is 1.48. The van der Waals surface area contributed by atoms with Crippen LogP contribution in [0, 0.1) is 34.0 Å². The number of ketones is 2. The predicted molar refractivity (Wildman–Crippen MR) is 102 cm³/mol. The van der Waals surface area contributed by atoms with Crippen LogP contribution in [0.2, 0.25) is 0 Å². The number of carbonyl (C=O) groups is 3. The lowest BCUT2D eigenvalue weighted by atomic mass is 9.43. The summed E-state index contributed by atoms with van der Waals surface area (Å²) in [4.78, 5) is 37.6. The lowest BCUT2D eigenvalue weighted by molar-refractivity contribution is -0.161. The molecule has 4 unspecified atom stereocenters. The molecule has 6 rings (SSSR count). The maximum atomic E-state index is 13.2. The summed E-state index contributed by atoms with van der Waals surface area (Å²) in [6.45, 7) is 4.68. The van der Waals surface area contributed by atoms with Crippen molar-refractivity contribution < 1.29 is 19.1 Å². The molecule has 0 aromatic heterocycles. The Bertz CT molecular complexity index is 857. The zero-order chi connectivity index (χ0) is 19.5. The molecular weight excluding hydrogens is 352 g/mol. The van der Waals surface area contributed by atoms with Crippen molar-refractivity contribution in [3.05, 3.63) is 11.6 Å². The normalized spacial score (nSPS) is 54.3. The predicted octanol–water partition coefficient (Wildman–Crippen LogP) is 4.16. The van der Waals surface area contributed by atoms with E-state index in [9.17, 15) is 14.4 Å². The molecule has 0 N–H and O–H groups in total. The highest BCUT2D eigenvalue weighted by Gasteiger charge is 2.72. The number of ether oxygens (including phenoxy) is 1. The first kappa shape index (κ1) is 17.4. The second-order valence-corrected chi connectivity index (χ2v) is 11.2. The van der Waals surface area contributed by atoms with E-state index in [-0.39, 0.29) is 33.7 Å². The molecule has 1 heterocycles. The average Bonchev–Trinajstić information content (AvgIpc) is 3.26.